The Morgan fingerprint density at radius 2 is 1.97 bits per heavy atom. The van der Waals surface area contributed by atoms with E-state index in [1.54, 1.807) is 30.2 Å². The van der Waals surface area contributed by atoms with Gasteiger partial charge in [0.15, 0.2) is 0 Å². The minimum Gasteiger partial charge on any atom is -0.497 e. The van der Waals surface area contributed by atoms with Crippen LogP contribution in [0.5, 0.6) is 5.75 Å². The summed E-state index contributed by atoms with van der Waals surface area (Å²) in [4.78, 5) is 25.3. The monoisotopic (exact) mass is 500 g/mol. The van der Waals surface area contributed by atoms with Crippen molar-refractivity contribution in [1.29, 1.82) is 0 Å². The van der Waals surface area contributed by atoms with Crippen molar-refractivity contribution in [2.45, 2.75) is 6.42 Å². The van der Waals surface area contributed by atoms with E-state index in [9.17, 15) is 14.9 Å². The van der Waals surface area contributed by atoms with Crippen LogP contribution in [0, 0.1) is 10.1 Å². The molecule has 2 heterocycles. The quantitative estimate of drug-likeness (QED) is 0.171. The van der Waals surface area contributed by atoms with Gasteiger partial charge in [0.25, 0.3) is 11.6 Å². The van der Waals surface area contributed by atoms with E-state index in [1.165, 1.54) is 30.0 Å². The molecule has 7 nitrogen and oxygen atoms in total. The van der Waals surface area contributed by atoms with E-state index in [0.717, 1.165) is 11.3 Å². The van der Waals surface area contributed by atoms with Crippen molar-refractivity contribution >= 4 is 57.6 Å². The van der Waals surface area contributed by atoms with E-state index >= 15 is 0 Å². The molecule has 0 bridgehead atoms. The second-order valence-corrected chi connectivity index (χ2v) is 9.14. The third kappa shape index (κ3) is 5.11. The van der Waals surface area contributed by atoms with Crippen LogP contribution in [-0.2, 0) is 11.2 Å². The predicted octanol–water partition coefficient (Wildman–Crippen LogP) is 5.96. The van der Waals surface area contributed by atoms with E-state index in [-0.39, 0.29) is 16.6 Å². The van der Waals surface area contributed by atoms with Gasteiger partial charge >= 0.3 is 0 Å². The van der Waals surface area contributed by atoms with Gasteiger partial charge in [-0.15, -0.1) is 0 Å². The predicted molar refractivity (Wildman–Crippen MR) is 132 cm³/mol. The Balaban J connectivity index is 1.46. The number of thioether (sulfide) groups is 1. The summed E-state index contributed by atoms with van der Waals surface area (Å²) in [7, 11) is 1.62. The summed E-state index contributed by atoms with van der Waals surface area (Å²) >= 11 is 12.8. The van der Waals surface area contributed by atoms with Gasteiger partial charge < -0.3 is 9.15 Å². The zero-order chi connectivity index (χ0) is 23.5. The number of hydrogen-bond donors (Lipinski definition) is 0. The number of carbonyl (C=O) groups is 1. The number of amides is 1. The van der Waals surface area contributed by atoms with Crippen molar-refractivity contribution in [3.05, 3.63) is 86.0 Å². The van der Waals surface area contributed by atoms with Crippen molar-refractivity contribution in [2.24, 2.45) is 0 Å². The number of furan rings is 1. The number of benzene rings is 2. The number of ether oxygens (including phenoxy) is 1. The molecule has 1 amide bonds. The van der Waals surface area contributed by atoms with E-state index in [0.29, 0.717) is 39.3 Å². The molecule has 10 heteroatoms. The number of nitrogens with zero attached hydrogens (tertiary/aromatic N) is 2. The first kappa shape index (κ1) is 23.0. The molecule has 0 unspecified atom stereocenters. The van der Waals surface area contributed by atoms with Gasteiger partial charge in [-0.2, -0.15) is 0 Å². The number of nitro groups is 1. The summed E-state index contributed by atoms with van der Waals surface area (Å²) < 4.78 is 11.5. The zero-order valence-electron chi connectivity index (χ0n) is 17.3. The maximum absolute atomic E-state index is 12.9. The summed E-state index contributed by atoms with van der Waals surface area (Å²) in [6.45, 7) is 0.468. The number of halogens is 1. The molecule has 1 aliphatic rings. The molecule has 0 spiro atoms. The zero-order valence-corrected chi connectivity index (χ0v) is 19.7. The van der Waals surface area contributed by atoms with Crippen LogP contribution in [0.4, 0.5) is 5.69 Å². The van der Waals surface area contributed by atoms with E-state index in [1.807, 2.05) is 24.3 Å². The van der Waals surface area contributed by atoms with Gasteiger partial charge in [-0.1, -0.05) is 47.7 Å². The highest BCUT2D eigenvalue weighted by Gasteiger charge is 2.32. The summed E-state index contributed by atoms with van der Waals surface area (Å²) in [6, 6.07) is 15.2. The molecule has 0 radical (unpaired) electrons. The molecule has 1 aliphatic heterocycles. The maximum atomic E-state index is 12.9. The summed E-state index contributed by atoms with van der Waals surface area (Å²) in [6.07, 6.45) is 2.29. The van der Waals surface area contributed by atoms with Crippen LogP contribution in [0.3, 0.4) is 0 Å². The molecule has 33 heavy (non-hydrogen) atoms. The lowest BCUT2D eigenvalue weighted by atomic mass is 10.1. The largest absolute Gasteiger partial charge is 0.497 e. The number of methoxy groups -OCH3 is 1. The lowest BCUT2D eigenvalue weighted by molar-refractivity contribution is -0.384. The number of thiocarbonyl (C=S) groups is 1. The Labute approximate surface area is 204 Å². The number of non-ortho nitro benzene ring substituents is 1. The number of hydrogen-bond acceptors (Lipinski definition) is 7. The fourth-order valence-corrected chi connectivity index (χ4v) is 4.80. The first-order valence-corrected chi connectivity index (χ1v) is 11.4. The van der Waals surface area contributed by atoms with Crippen LogP contribution in [0.25, 0.3) is 17.4 Å². The van der Waals surface area contributed by atoms with Gasteiger partial charge in [0.2, 0.25) is 0 Å². The van der Waals surface area contributed by atoms with Crippen molar-refractivity contribution in [3.8, 4) is 17.1 Å². The fourth-order valence-electron chi connectivity index (χ4n) is 3.25. The molecule has 1 aromatic heterocycles. The van der Waals surface area contributed by atoms with Crippen LogP contribution in [-0.4, -0.2) is 33.7 Å². The van der Waals surface area contributed by atoms with Crippen LogP contribution in [0.1, 0.15) is 11.3 Å². The number of carbonyl (C=O) groups excluding carboxylic acids is 1. The van der Waals surface area contributed by atoms with Crippen LogP contribution in [0.15, 0.2) is 63.9 Å². The molecule has 0 N–H and O–H groups in total. The summed E-state index contributed by atoms with van der Waals surface area (Å²) in [5, 5.41) is 11.1. The normalized spacial score (nSPS) is 14.8. The Morgan fingerprint density at radius 1 is 1.21 bits per heavy atom. The second kappa shape index (κ2) is 9.78. The third-order valence-electron chi connectivity index (χ3n) is 4.99. The molecule has 168 valence electrons. The smallest absolute Gasteiger partial charge is 0.270 e. The lowest BCUT2D eigenvalue weighted by Crippen LogP contribution is -2.30. The molecule has 0 aliphatic carbocycles. The minimum absolute atomic E-state index is 0.103. The van der Waals surface area contributed by atoms with Crippen LogP contribution in [0.2, 0.25) is 5.02 Å². The van der Waals surface area contributed by atoms with Gasteiger partial charge in [-0.05, 0) is 42.3 Å². The highest BCUT2D eigenvalue weighted by atomic mass is 35.5. The van der Waals surface area contributed by atoms with E-state index in [2.05, 4.69) is 0 Å². The Morgan fingerprint density at radius 3 is 2.64 bits per heavy atom. The molecule has 1 saturated heterocycles. The molecule has 0 atom stereocenters. The highest BCUT2D eigenvalue weighted by Crippen LogP contribution is 2.35. The van der Waals surface area contributed by atoms with Crippen molar-refractivity contribution in [1.82, 2.24) is 4.90 Å². The Bertz CT molecular complexity index is 1270. The number of rotatable bonds is 7. The fraction of sp³-hybridized carbons (Fsp3) is 0.130. The average Bonchev–Trinajstić information content (AvgIpc) is 3.37. The van der Waals surface area contributed by atoms with E-state index < -0.39 is 4.92 Å². The summed E-state index contributed by atoms with van der Waals surface area (Å²) in [5.74, 6) is 1.50. The number of nitro benzene ring substituents is 1. The molecule has 0 saturated carbocycles. The van der Waals surface area contributed by atoms with Crippen LogP contribution < -0.4 is 4.74 Å². The lowest BCUT2D eigenvalue weighted by Gasteiger charge is -2.14. The molecule has 3 aromatic rings. The first-order chi connectivity index (χ1) is 15.9. The van der Waals surface area contributed by atoms with E-state index in [4.69, 9.17) is 33.0 Å². The topological polar surface area (TPSA) is 85.8 Å². The van der Waals surface area contributed by atoms with Gasteiger partial charge in [-0.25, -0.2) is 0 Å². The second-order valence-electron chi connectivity index (χ2n) is 7.05. The average molecular weight is 501 g/mol. The van der Waals surface area contributed by atoms with Gasteiger partial charge in [-0.3, -0.25) is 19.8 Å². The summed E-state index contributed by atoms with van der Waals surface area (Å²) in [5.41, 5.74) is 1.49. The Hall–Kier alpha value is -3.14. The van der Waals surface area contributed by atoms with Crippen LogP contribution >= 0.6 is 35.6 Å². The van der Waals surface area contributed by atoms with Crippen molar-refractivity contribution in [2.75, 3.05) is 13.7 Å². The molecular formula is C23H17ClN2O5S2. The van der Waals surface area contributed by atoms with Gasteiger partial charge in [0.05, 0.1) is 22.0 Å². The highest BCUT2D eigenvalue weighted by molar-refractivity contribution is 8.26. The Kier molecular flexibility index (Phi) is 6.83. The molecule has 1 fully saturated rings. The third-order valence-corrected chi connectivity index (χ3v) is 6.68. The first-order valence-electron chi connectivity index (χ1n) is 9.78. The standard InChI is InChI=1S/C23H17ClN2O5S2/c1-30-16-5-2-14(3-6-16)10-11-25-22(27)21(33-23(25)32)13-17-7-9-20(31-17)18-8-4-15(26(28)29)12-19(18)24/h2-9,12-13H,10-11H2,1H3. The van der Waals surface area contributed by atoms with Gasteiger partial charge in [0, 0.05) is 30.3 Å². The van der Waals surface area contributed by atoms with Crippen molar-refractivity contribution < 1.29 is 18.9 Å². The SMILES string of the molecule is COc1ccc(CCN2C(=O)C(=Cc3ccc(-c4ccc([N+](=O)[O-])cc4Cl)o3)SC2=S)cc1. The molecular weight excluding hydrogens is 484 g/mol. The molecule has 2 aromatic carbocycles. The minimum atomic E-state index is -0.514. The van der Waals surface area contributed by atoms with Crippen molar-refractivity contribution in [3.63, 3.8) is 0 Å². The molecule has 4 rings (SSSR count). The van der Waals surface area contributed by atoms with Gasteiger partial charge in [0.1, 0.15) is 21.6 Å². The maximum Gasteiger partial charge on any atom is 0.270 e.